The van der Waals surface area contributed by atoms with Crippen molar-refractivity contribution < 1.29 is 58.8 Å². The van der Waals surface area contributed by atoms with E-state index in [-0.39, 0.29) is 43.9 Å². The van der Waals surface area contributed by atoms with E-state index in [2.05, 4.69) is 42.2 Å². The summed E-state index contributed by atoms with van der Waals surface area (Å²) < 4.78 is 0. The second kappa shape index (κ2) is 30.2. The zero-order valence-corrected chi connectivity index (χ0v) is 38.4. The predicted octanol–water partition coefficient (Wildman–Crippen LogP) is -3.98. The molecular weight excluding hydrogens is 865 g/mol. The van der Waals surface area contributed by atoms with Gasteiger partial charge in [0.05, 0.1) is 19.3 Å². The van der Waals surface area contributed by atoms with Crippen molar-refractivity contribution in [2.75, 3.05) is 26.2 Å². The van der Waals surface area contributed by atoms with Crippen LogP contribution in [0.2, 0.25) is 0 Å². The van der Waals surface area contributed by atoms with Crippen molar-refractivity contribution in [1.29, 1.82) is 0 Å². The van der Waals surface area contributed by atoms with Crippen LogP contribution in [0.15, 0.2) is 29.3 Å². The van der Waals surface area contributed by atoms with Crippen LogP contribution in [0.4, 0.5) is 0 Å². The number of unbranched alkanes of at least 4 members (excludes halogenated alkanes) is 1. The topological polar surface area (TPSA) is 418 Å². The first-order valence-electron chi connectivity index (χ1n) is 22.0. The zero-order chi connectivity index (χ0) is 50.1. The van der Waals surface area contributed by atoms with Crippen LogP contribution in [0, 0.1) is 11.8 Å². The van der Waals surface area contributed by atoms with Crippen LogP contribution in [0.25, 0.3) is 0 Å². The normalized spacial score (nSPS) is 15.6. The van der Waals surface area contributed by atoms with Gasteiger partial charge in [0.2, 0.25) is 41.4 Å². The number of carboxylic acids is 1. The van der Waals surface area contributed by atoms with E-state index in [9.17, 15) is 58.8 Å². The van der Waals surface area contributed by atoms with E-state index in [0.717, 1.165) is 0 Å². The van der Waals surface area contributed by atoms with Gasteiger partial charge in [-0.05, 0) is 75.1 Å². The highest BCUT2D eigenvalue weighted by atomic mass is 16.4. The second-order valence-corrected chi connectivity index (χ2v) is 16.2. The number of benzene rings is 1. The fourth-order valence-corrected chi connectivity index (χ4v) is 6.31. The molecule has 0 heterocycles. The third-order valence-electron chi connectivity index (χ3n) is 10.8. The summed E-state index contributed by atoms with van der Waals surface area (Å²) in [5.74, 6) is -8.46. The molecule has 1 aromatic rings. The van der Waals surface area contributed by atoms with Crippen molar-refractivity contribution in [2.45, 2.75) is 134 Å². The Bertz CT molecular complexity index is 1780. The zero-order valence-electron chi connectivity index (χ0n) is 38.4. The van der Waals surface area contributed by atoms with Crippen LogP contribution in [0.5, 0.6) is 5.75 Å². The summed E-state index contributed by atoms with van der Waals surface area (Å²) in [6.45, 7) is 7.08. The molecule has 0 saturated carbocycles. The first-order valence-corrected chi connectivity index (χ1v) is 22.0. The van der Waals surface area contributed by atoms with E-state index < -0.39 is 121 Å². The van der Waals surface area contributed by atoms with Gasteiger partial charge >= 0.3 is 5.97 Å². The number of phenols is 1. The van der Waals surface area contributed by atoms with Gasteiger partial charge < -0.3 is 80.6 Å². The molecule has 10 atom stereocenters. The van der Waals surface area contributed by atoms with Crippen molar-refractivity contribution in [2.24, 2.45) is 39.8 Å². The summed E-state index contributed by atoms with van der Waals surface area (Å²) in [6.07, 6.45) is 0.233. The van der Waals surface area contributed by atoms with E-state index in [1.54, 1.807) is 27.7 Å². The molecule has 0 aliphatic rings. The van der Waals surface area contributed by atoms with Gasteiger partial charge in [-0.25, -0.2) is 4.79 Å². The van der Waals surface area contributed by atoms with E-state index in [1.165, 1.54) is 31.2 Å². The molecule has 0 saturated heterocycles. The molecule has 0 spiro atoms. The van der Waals surface area contributed by atoms with Crippen molar-refractivity contribution in [3.8, 4) is 5.75 Å². The minimum atomic E-state index is -1.65. The third-order valence-corrected chi connectivity index (χ3v) is 10.8. The lowest BCUT2D eigenvalue weighted by atomic mass is 9.95. The van der Waals surface area contributed by atoms with Crippen molar-refractivity contribution in [1.82, 2.24) is 37.2 Å². The second-order valence-electron chi connectivity index (χ2n) is 16.2. The molecule has 7 amide bonds. The Morgan fingerprint density at radius 1 is 0.667 bits per heavy atom. The first kappa shape index (κ1) is 57.9. The fourth-order valence-electron chi connectivity index (χ4n) is 6.31. The number of carbonyl (C=O) groups is 8. The van der Waals surface area contributed by atoms with Crippen LogP contribution < -0.4 is 60.2 Å². The Morgan fingerprint density at radius 2 is 1.17 bits per heavy atom. The Kier molecular flexibility index (Phi) is 26.5. The van der Waals surface area contributed by atoms with Gasteiger partial charge in [-0.15, -0.1) is 0 Å². The van der Waals surface area contributed by atoms with Crippen molar-refractivity contribution in [3.05, 3.63) is 29.8 Å². The summed E-state index contributed by atoms with van der Waals surface area (Å²) in [6, 6.07) is -3.73. The molecule has 24 nitrogen and oxygen atoms in total. The highest BCUT2D eigenvalue weighted by Gasteiger charge is 2.35. The molecule has 0 unspecified atom stereocenters. The summed E-state index contributed by atoms with van der Waals surface area (Å²) in [5.41, 5.74) is 22.7. The number of aliphatic imine (C=N–C) groups is 1. The molecular formula is C42H72N12O12. The lowest BCUT2D eigenvalue weighted by molar-refractivity contribution is -0.143. The number of nitrogens with two attached hydrogens (primary N) is 4. The Hall–Kier alpha value is -6.11. The third kappa shape index (κ3) is 20.8. The molecule has 0 aromatic heterocycles. The average molecular weight is 937 g/mol. The highest BCUT2D eigenvalue weighted by molar-refractivity contribution is 5.97. The molecule has 372 valence electrons. The largest absolute Gasteiger partial charge is 0.508 e. The van der Waals surface area contributed by atoms with Gasteiger partial charge in [-0.1, -0.05) is 52.7 Å². The van der Waals surface area contributed by atoms with Crippen LogP contribution in [-0.2, 0) is 44.8 Å². The minimum absolute atomic E-state index is 0.0519. The van der Waals surface area contributed by atoms with Crippen LogP contribution in [0.3, 0.4) is 0 Å². The molecule has 0 aliphatic heterocycles. The molecule has 0 fully saturated rings. The van der Waals surface area contributed by atoms with Crippen molar-refractivity contribution >= 4 is 53.3 Å². The number of aliphatic hydroxyl groups excluding tert-OH is 2. The number of nitrogens with zero attached hydrogens (tertiary/aromatic N) is 1. The maximum Gasteiger partial charge on any atom is 0.326 e. The number of phenolic OH excluding ortho intramolecular Hbond substituents is 1. The number of aliphatic carboxylic acids is 1. The van der Waals surface area contributed by atoms with E-state index in [1.807, 2.05) is 0 Å². The number of rotatable bonds is 31. The highest BCUT2D eigenvalue weighted by Crippen LogP contribution is 2.14. The number of amides is 7. The van der Waals surface area contributed by atoms with E-state index >= 15 is 0 Å². The van der Waals surface area contributed by atoms with Crippen LogP contribution in [0.1, 0.15) is 85.1 Å². The van der Waals surface area contributed by atoms with Gasteiger partial charge in [0.15, 0.2) is 5.96 Å². The van der Waals surface area contributed by atoms with Crippen molar-refractivity contribution in [3.63, 3.8) is 0 Å². The van der Waals surface area contributed by atoms with E-state index in [0.29, 0.717) is 37.8 Å². The standard InChI is InChI=1S/C42H72N12O12/c1-6-22(3)32(53-35(59)27(44)21-55)38(62)50-29(11-8-9-17-43)37(61)54-33(23(4)7-2)39(63)49-28(12-10-18-47-42(45)46)36(60)48-20-31(58)52-34(24(5)56)40(64)51-30(41(65)66)19-25-13-15-26(57)16-14-25/h13-16,22-24,27-30,32-34,55-57H,6-12,17-21,43-44H2,1-5H3,(H,48,60)(H,49,63)(H,50,62)(H,51,64)(H,52,58)(H,53,59)(H,54,61)(H,65,66)(H4,45,46,47)/t22-,23-,24+,27-,28-,29-,30-,32-,33-,34-/m0/s1. The minimum Gasteiger partial charge on any atom is -0.508 e. The number of hydrogen-bond acceptors (Lipinski definition) is 14. The summed E-state index contributed by atoms with van der Waals surface area (Å²) in [5, 5.41) is 56.5. The van der Waals surface area contributed by atoms with Gasteiger partial charge in [0.25, 0.3) is 0 Å². The first-order chi connectivity index (χ1) is 31.1. The maximum absolute atomic E-state index is 14.0. The van der Waals surface area contributed by atoms with Gasteiger partial charge in [0.1, 0.15) is 48.0 Å². The Balaban J connectivity index is 3.28. The number of aliphatic hydroxyl groups is 2. The monoisotopic (exact) mass is 937 g/mol. The smallest absolute Gasteiger partial charge is 0.326 e. The lowest BCUT2D eigenvalue weighted by Gasteiger charge is -2.30. The maximum atomic E-state index is 14.0. The summed E-state index contributed by atoms with van der Waals surface area (Å²) in [4.78, 5) is 110. The quantitative estimate of drug-likeness (QED) is 0.0192. The summed E-state index contributed by atoms with van der Waals surface area (Å²) >= 11 is 0. The molecule has 0 radical (unpaired) electrons. The number of carbonyl (C=O) groups excluding carboxylic acids is 7. The van der Waals surface area contributed by atoms with Gasteiger partial charge in [-0.2, -0.15) is 0 Å². The molecule has 24 heteroatoms. The molecule has 1 aromatic carbocycles. The Morgan fingerprint density at radius 3 is 1.65 bits per heavy atom. The number of hydrogen-bond donors (Lipinski definition) is 15. The molecule has 0 aliphatic carbocycles. The number of carboxylic acid groups (broad SMARTS) is 1. The predicted molar refractivity (Wildman–Crippen MR) is 243 cm³/mol. The molecule has 0 bridgehead atoms. The SMILES string of the molecule is CC[C@H](C)[C@H](NC(=O)[C@H](CCCCN)NC(=O)[C@@H](NC(=O)[C@@H](N)CO)[C@@H](C)CC)C(=O)N[C@@H](CCCN=C(N)N)C(=O)NCC(=O)N[C@H](C(=O)N[C@@H](Cc1ccc(O)cc1)C(=O)O)[C@@H](C)O. The van der Waals surface area contributed by atoms with Gasteiger partial charge in [0, 0.05) is 13.0 Å². The van der Waals surface area contributed by atoms with Crippen LogP contribution >= 0.6 is 0 Å². The number of aromatic hydroxyl groups is 1. The number of guanidine groups is 1. The lowest BCUT2D eigenvalue weighted by Crippen LogP contribution is -2.61. The molecule has 19 N–H and O–H groups in total. The fraction of sp³-hybridized carbons (Fsp3) is 0.643. The average Bonchev–Trinajstić information content (AvgIpc) is 3.27. The molecule has 1 rings (SSSR count). The summed E-state index contributed by atoms with van der Waals surface area (Å²) in [7, 11) is 0. The van der Waals surface area contributed by atoms with Gasteiger partial charge in [-0.3, -0.25) is 38.6 Å². The number of nitrogens with one attached hydrogen (secondary N) is 7. The van der Waals surface area contributed by atoms with Crippen LogP contribution in [-0.4, -0.2) is 148 Å². The van der Waals surface area contributed by atoms with E-state index in [4.69, 9.17) is 22.9 Å². The Labute approximate surface area is 384 Å². The molecule has 66 heavy (non-hydrogen) atoms.